The molecule has 0 bridgehead atoms. The second-order valence-corrected chi connectivity index (χ2v) is 4.58. The van der Waals surface area contributed by atoms with Crippen LogP contribution in [-0.4, -0.2) is 19.7 Å². The number of carbonyl (C=O) groups excluding carboxylic acids is 1. The van der Waals surface area contributed by atoms with Crippen molar-refractivity contribution >= 4 is 5.97 Å². The number of carbonyl (C=O) groups is 1. The molecule has 0 amide bonds. The zero-order valence-electron chi connectivity index (χ0n) is 12.7. The SMILES string of the molecule is C=CCCCOc1ccc([C@@H](C#CC)CC(=O)OC)cc1. The van der Waals surface area contributed by atoms with Gasteiger partial charge in [0, 0.05) is 0 Å². The number of esters is 1. The van der Waals surface area contributed by atoms with E-state index in [1.165, 1.54) is 7.11 Å². The van der Waals surface area contributed by atoms with Crippen molar-refractivity contribution in [1.29, 1.82) is 0 Å². The highest BCUT2D eigenvalue weighted by Gasteiger charge is 2.14. The molecule has 0 radical (unpaired) electrons. The first kappa shape index (κ1) is 16.8. The van der Waals surface area contributed by atoms with Crippen molar-refractivity contribution in [3.63, 3.8) is 0 Å². The zero-order chi connectivity index (χ0) is 15.5. The lowest BCUT2D eigenvalue weighted by Crippen LogP contribution is -2.07. The van der Waals surface area contributed by atoms with E-state index in [9.17, 15) is 4.79 Å². The highest BCUT2D eigenvalue weighted by atomic mass is 16.5. The van der Waals surface area contributed by atoms with Crippen molar-refractivity contribution < 1.29 is 14.3 Å². The van der Waals surface area contributed by atoms with Crippen LogP contribution in [0.15, 0.2) is 36.9 Å². The van der Waals surface area contributed by atoms with E-state index in [4.69, 9.17) is 9.47 Å². The van der Waals surface area contributed by atoms with E-state index in [1.54, 1.807) is 6.92 Å². The van der Waals surface area contributed by atoms with E-state index in [0.29, 0.717) is 6.61 Å². The van der Waals surface area contributed by atoms with Gasteiger partial charge < -0.3 is 9.47 Å². The lowest BCUT2D eigenvalue weighted by atomic mass is 9.96. The first-order chi connectivity index (χ1) is 10.2. The second-order valence-electron chi connectivity index (χ2n) is 4.58. The Morgan fingerprint density at radius 1 is 1.38 bits per heavy atom. The first-order valence-corrected chi connectivity index (χ1v) is 7.04. The molecule has 0 aromatic heterocycles. The molecule has 21 heavy (non-hydrogen) atoms. The number of ether oxygens (including phenoxy) is 2. The van der Waals surface area contributed by atoms with Crippen molar-refractivity contribution in [2.75, 3.05) is 13.7 Å². The van der Waals surface area contributed by atoms with Crippen LogP contribution in [0.25, 0.3) is 0 Å². The summed E-state index contributed by atoms with van der Waals surface area (Å²) in [5.41, 5.74) is 0.994. The van der Waals surface area contributed by atoms with Gasteiger partial charge in [0.1, 0.15) is 5.75 Å². The van der Waals surface area contributed by atoms with Crippen molar-refractivity contribution in [3.8, 4) is 17.6 Å². The molecule has 1 rings (SSSR count). The fraction of sp³-hybridized carbons (Fsp3) is 0.389. The Balaban J connectivity index is 2.66. The average molecular weight is 286 g/mol. The third kappa shape index (κ3) is 6.18. The molecule has 0 unspecified atom stereocenters. The summed E-state index contributed by atoms with van der Waals surface area (Å²) in [5.74, 6) is 6.33. The van der Waals surface area contributed by atoms with Gasteiger partial charge in [-0.1, -0.05) is 24.1 Å². The first-order valence-electron chi connectivity index (χ1n) is 7.04. The predicted molar refractivity (Wildman–Crippen MR) is 84.2 cm³/mol. The molecule has 1 aromatic rings. The normalized spacial score (nSPS) is 11.0. The average Bonchev–Trinajstić information content (AvgIpc) is 2.51. The number of hydrogen-bond donors (Lipinski definition) is 0. The van der Waals surface area contributed by atoms with Crippen LogP contribution in [0.1, 0.15) is 37.7 Å². The van der Waals surface area contributed by atoms with Crippen LogP contribution in [0.5, 0.6) is 5.75 Å². The standard InChI is InChI=1S/C18H22O3/c1-4-6-7-13-21-17-11-9-15(10-12-17)16(8-5-2)14-18(19)20-3/h4,9-12,16H,1,6-7,13-14H2,2-3H3/t16-/m0/s1. The van der Waals surface area contributed by atoms with Gasteiger partial charge in [-0.2, -0.15) is 0 Å². The molecule has 0 aliphatic heterocycles. The zero-order valence-corrected chi connectivity index (χ0v) is 12.7. The Kier molecular flexibility index (Phi) is 7.74. The Morgan fingerprint density at radius 2 is 2.10 bits per heavy atom. The van der Waals surface area contributed by atoms with Crippen molar-refractivity contribution in [2.24, 2.45) is 0 Å². The molecule has 0 aliphatic carbocycles. The van der Waals surface area contributed by atoms with E-state index in [2.05, 4.69) is 18.4 Å². The summed E-state index contributed by atoms with van der Waals surface area (Å²) < 4.78 is 10.3. The number of unbranched alkanes of at least 4 members (excludes halogenated alkanes) is 1. The summed E-state index contributed by atoms with van der Waals surface area (Å²) in [6, 6.07) is 7.71. The van der Waals surface area contributed by atoms with E-state index in [-0.39, 0.29) is 18.3 Å². The van der Waals surface area contributed by atoms with E-state index in [0.717, 1.165) is 24.2 Å². The maximum Gasteiger partial charge on any atom is 0.307 e. The largest absolute Gasteiger partial charge is 0.494 e. The molecule has 0 fully saturated rings. The molecule has 112 valence electrons. The summed E-state index contributed by atoms with van der Waals surface area (Å²) in [6.07, 6.45) is 4.05. The highest BCUT2D eigenvalue weighted by molar-refractivity contribution is 5.71. The van der Waals surface area contributed by atoms with Gasteiger partial charge in [0.2, 0.25) is 0 Å². The van der Waals surface area contributed by atoms with Gasteiger partial charge >= 0.3 is 5.97 Å². The van der Waals surface area contributed by atoms with E-state index < -0.39 is 0 Å². The summed E-state index contributed by atoms with van der Waals surface area (Å²) in [6.45, 7) is 6.12. The Morgan fingerprint density at radius 3 is 2.67 bits per heavy atom. The molecular formula is C18H22O3. The third-order valence-electron chi connectivity index (χ3n) is 3.02. The molecule has 0 heterocycles. The molecule has 0 saturated heterocycles. The van der Waals surface area contributed by atoms with Gasteiger partial charge in [-0.05, 0) is 37.5 Å². The number of methoxy groups -OCH3 is 1. The number of benzene rings is 1. The Bertz CT molecular complexity index is 506. The Labute approximate surface area is 127 Å². The molecule has 3 nitrogen and oxygen atoms in total. The number of hydrogen-bond acceptors (Lipinski definition) is 3. The molecule has 1 atom stereocenters. The second kappa shape index (κ2) is 9.66. The fourth-order valence-electron chi connectivity index (χ4n) is 1.89. The minimum absolute atomic E-state index is 0.141. The molecule has 0 N–H and O–H groups in total. The van der Waals surface area contributed by atoms with Crippen molar-refractivity contribution in [2.45, 2.75) is 32.1 Å². The lowest BCUT2D eigenvalue weighted by Gasteiger charge is -2.11. The lowest BCUT2D eigenvalue weighted by molar-refractivity contribution is -0.140. The predicted octanol–water partition coefficient (Wildman–Crippen LogP) is 3.70. The van der Waals surface area contributed by atoms with Crippen LogP contribution in [0.2, 0.25) is 0 Å². The molecule has 1 aromatic carbocycles. The number of rotatable bonds is 8. The molecular weight excluding hydrogens is 264 g/mol. The summed E-state index contributed by atoms with van der Waals surface area (Å²) in [5, 5.41) is 0. The third-order valence-corrected chi connectivity index (χ3v) is 3.02. The smallest absolute Gasteiger partial charge is 0.307 e. The van der Waals surface area contributed by atoms with Crippen molar-refractivity contribution in [1.82, 2.24) is 0 Å². The molecule has 0 aliphatic rings. The van der Waals surface area contributed by atoms with Crippen LogP contribution in [0.3, 0.4) is 0 Å². The van der Waals surface area contributed by atoms with Gasteiger partial charge in [0.25, 0.3) is 0 Å². The van der Waals surface area contributed by atoms with Crippen molar-refractivity contribution in [3.05, 3.63) is 42.5 Å². The molecule has 0 spiro atoms. The highest BCUT2D eigenvalue weighted by Crippen LogP contribution is 2.22. The molecule has 0 saturated carbocycles. The van der Waals surface area contributed by atoms with Crippen LogP contribution in [-0.2, 0) is 9.53 Å². The summed E-state index contributed by atoms with van der Waals surface area (Å²) >= 11 is 0. The quantitative estimate of drug-likeness (QED) is 0.316. The van der Waals surface area contributed by atoms with Gasteiger partial charge in [-0.15, -0.1) is 12.5 Å². The number of allylic oxidation sites excluding steroid dienone is 1. The molecule has 3 heteroatoms. The van der Waals surface area contributed by atoms with Gasteiger partial charge in [0.15, 0.2) is 0 Å². The van der Waals surface area contributed by atoms with E-state index in [1.807, 2.05) is 30.3 Å². The van der Waals surface area contributed by atoms with Gasteiger partial charge in [-0.3, -0.25) is 4.79 Å². The fourth-order valence-corrected chi connectivity index (χ4v) is 1.89. The van der Waals surface area contributed by atoms with Gasteiger partial charge in [0.05, 0.1) is 26.1 Å². The minimum Gasteiger partial charge on any atom is -0.494 e. The maximum absolute atomic E-state index is 11.4. The summed E-state index contributed by atoms with van der Waals surface area (Å²) in [4.78, 5) is 11.4. The van der Waals surface area contributed by atoms with Gasteiger partial charge in [-0.25, -0.2) is 0 Å². The van der Waals surface area contributed by atoms with Crippen LogP contribution in [0.4, 0.5) is 0 Å². The monoisotopic (exact) mass is 286 g/mol. The van der Waals surface area contributed by atoms with Crippen LogP contribution >= 0.6 is 0 Å². The Hall–Kier alpha value is -2.21. The maximum atomic E-state index is 11.4. The van der Waals surface area contributed by atoms with Crippen LogP contribution < -0.4 is 4.74 Å². The summed E-state index contributed by atoms with van der Waals surface area (Å²) in [7, 11) is 1.39. The van der Waals surface area contributed by atoms with E-state index >= 15 is 0 Å². The van der Waals surface area contributed by atoms with Crippen LogP contribution in [0, 0.1) is 11.8 Å². The topological polar surface area (TPSA) is 35.5 Å². The minimum atomic E-state index is -0.257.